The lowest BCUT2D eigenvalue weighted by atomic mass is 9.95. The number of hydrogen-bond donors (Lipinski definition) is 2. The molecule has 1 unspecified atom stereocenters. The Labute approximate surface area is 115 Å². The lowest BCUT2D eigenvalue weighted by Gasteiger charge is -2.27. The summed E-state index contributed by atoms with van der Waals surface area (Å²) in [6, 6.07) is -0.0245. The summed E-state index contributed by atoms with van der Waals surface area (Å²) >= 11 is 1.79. The van der Waals surface area contributed by atoms with E-state index in [2.05, 4.69) is 30.7 Å². The Bertz CT molecular complexity index is 293. The van der Waals surface area contributed by atoms with E-state index in [9.17, 15) is 4.79 Å². The smallest absolute Gasteiger partial charge is 0.315 e. The highest BCUT2D eigenvalue weighted by Gasteiger charge is 2.46. The second-order valence-corrected chi connectivity index (χ2v) is 6.95. The second kappa shape index (κ2) is 6.15. The highest BCUT2D eigenvalue weighted by atomic mass is 32.2. The zero-order chi connectivity index (χ0) is 13.8. The van der Waals surface area contributed by atoms with Gasteiger partial charge < -0.3 is 15.4 Å². The maximum absolute atomic E-state index is 11.8. The molecule has 0 bridgehead atoms. The average molecular weight is 274 g/mol. The van der Waals surface area contributed by atoms with E-state index >= 15 is 0 Å². The molecule has 0 aliphatic carbocycles. The molecule has 0 aromatic rings. The maximum Gasteiger partial charge on any atom is 0.315 e. The first-order chi connectivity index (χ1) is 8.27. The van der Waals surface area contributed by atoms with Crippen LogP contribution in [-0.2, 0) is 4.74 Å². The summed E-state index contributed by atoms with van der Waals surface area (Å²) in [6.07, 6.45) is 3.92. The van der Waals surface area contributed by atoms with Crippen molar-refractivity contribution in [3.05, 3.63) is 0 Å². The van der Waals surface area contributed by atoms with E-state index < -0.39 is 0 Å². The van der Waals surface area contributed by atoms with E-state index in [0.29, 0.717) is 0 Å². The molecule has 0 aromatic heterocycles. The second-order valence-electron chi connectivity index (χ2n) is 5.97. The highest BCUT2D eigenvalue weighted by molar-refractivity contribution is 7.98. The molecule has 1 fully saturated rings. The van der Waals surface area contributed by atoms with Crippen LogP contribution in [0.15, 0.2) is 0 Å². The Morgan fingerprint density at radius 1 is 1.39 bits per heavy atom. The number of hydrogen-bond acceptors (Lipinski definition) is 3. The minimum absolute atomic E-state index is 0.0630. The minimum Gasteiger partial charge on any atom is -0.367 e. The molecule has 0 saturated carbocycles. The van der Waals surface area contributed by atoms with Crippen LogP contribution in [0.3, 0.4) is 0 Å². The van der Waals surface area contributed by atoms with Crippen molar-refractivity contribution in [2.24, 2.45) is 0 Å². The zero-order valence-corrected chi connectivity index (χ0v) is 12.9. The number of carbonyl (C=O) groups excluding carboxylic acids is 1. The minimum atomic E-state index is -0.305. The van der Waals surface area contributed by atoms with Gasteiger partial charge >= 0.3 is 6.03 Å². The number of carbonyl (C=O) groups is 1. The zero-order valence-electron chi connectivity index (χ0n) is 12.1. The molecule has 2 N–H and O–H groups in total. The first-order valence-corrected chi connectivity index (χ1v) is 7.90. The van der Waals surface area contributed by atoms with E-state index in [4.69, 9.17) is 4.74 Å². The number of nitrogens with one attached hydrogen (secondary N) is 2. The van der Waals surface area contributed by atoms with Crippen LogP contribution in [-0.4, -0.2) is 41.8 Å². The molecule has 0 aromatic carbocycles. The molecule has 1 atom stereocenters. The van der Waals surface area contributed by atoms with Gasteiger partial charge in [0.2, 0.25) is 0 Å². The summed E-state index contributed by atoms with van der Waals surface area (Å²) < 4.78 is 5.95. The standard InChI is InChI=1S/C13H26N2O2S/c1-12(2)9-10(13(3,4)17-12)15-11(16)14-7-6-8-18-5/h10H,6-9H2,1-5H3,(H2,14,15,16). The van der Waals surface area contributed by atoms with Crippen molar-refractivity contribution in [2.45, 2.75) is 57.8 Å². The van der Waals surface area contributed by atoms with Gasteiger partial charge in [0.15, 0.2) is 0 Å². The molecule has 1 aliphatic heterocycles. The van der Waals surface area contributed by atoms with Crippen LogP contribution < -0.4 is 10.6 Å². The number of amides is 2. The molecular weight excluding hydrogens is 248 g/mol. The van der Waals surface area contributed by atoms with E-state index in [-0.39, 0.29) is 23.3 Å². The van der Waals surface area contributed by atoms with E-state index in [1.165, 1.54) is 0 Å². The monoisotopic (exact) mass is 274 g/mol. The lowest BCUT2D eigenvalue weighted by Crippen LogP contribution is -2.49. The fourth-order valence-corrected chi connectivity index (χ4v) is 2.85. The molecule has 0 radical (unpaired) electrons. The molecule has 106 valence electrons. The van der Waals surface area contributed by atoms with Crippen LogP contribution in [0.1, 0.15) is 40.5 Å². The molecule has 2 amide bonds. The fourth-order valence-electron chi connectivity index (χ4n) is 2.41. The number of urea groups is 1. The van der Waals surface area contributed by atoms with Crippen LogP contribution in [0.5, 0.6) is 0 Å². The summed E-state index contributed by atoms with van der Waals surface area (Å²) in [4.78, 5) is 11.8. The first kappa shape index (κ1) is 15.6. The SMILES string of the molecule is CSCCCNC(=O)NC1CC(C)(C)OC1(C)C. The van der Waals surface area contributed by atoms with E-state index in [0.717, 1.165) is 25.1 Å². The van der Waals surface area contributed by atoms with Crippen molar-refractivity contribution in [1.82, 2.24) is 10.6 Å². The van der Waals surface area contributed by atoms with Crippen molar-refractivity contribution in [3.63, 3.8) is 0 Å². The van der Waals surface area contributed by atoms with Crippen LogP contribution in [0, 0.1) is 0 Å². The van der Waals surface area contributed by atoms with Gasteiger partial charge in [0.05, 0.1) is 17.2 Å². The van der Waals surface area contributed by atoms with Gasteiger partial charge in [-0.15, -0.1) is 0 Å². The lowest BCUT2D eigenvalue weighted by molar-refractivity contribution is -0.0690. The van der Waals surface area contributed by atoms with Crippen molar-refractivity contribution in [1.29, 1.82) is 0 Å². The van der Waals surface area contributed by atoms with Crippen molar-refractivity contribution >= 4 is 17.8 Å². The molecule has 4 nitrogen and oxygen atoms in total. The Kier molecular flexibility index (Phi) is 5.34. The van der Waals surface area contributed by atoms with Gasteiger partial charge in [-0.2, -0.15) is 11.8 Å². The number of rotatable bonds is 5. The van der Waals surface area contributed by atoms with Crippen LogP contribution >= 0.6 is 11.8 Å². The summed E-state index contributed by atoms with van der Waals surface area (Å²) in [6.45, 7) is 8.91. The average Bonchev–Trinajstić information content (AvgIpc) is 2.41. The quantitative estimate of drug-likeness (QED) is 0.757. The molecule has 0 spiro atoms. The molecule has 1 saturated heterocycles. The largest absolute Gasteiger partial charge is 0.367 e. The molecular formula is C13H26N2O2S. The summed E-state index contributed by atoms with van der Waals surface area (Å²) in [5.74, 6) is 1.07. The van der Waals surface area contributed by atoms with Gasteiger partial charge in [-0.3, -0.25) is 0 Å². The maximum atomic E-state index is 11.8. The molecule has 1 aliphatic rings. The van der Waals surface area contributed by atoms with Gasteiger partial charge in [-0.1, -0.05) is 0 Å². The normalized spacial score (nSPS) is 24.8. The third-order valence-corrected chi connectivity index (χ3v) is 3.89. The van der Waals surface area contributed by atoms with Crippen molar-refractivity contribution in [3.8, 4) is 0 Å². The van der Waals surface area contributed by atoms with Crippen molar-refractivity contribution < 1.29 is 9.53 Å². The third kappa shape index (κ3) is 4.69. The molecule has 1 rings (SSSR count). The van der Waals surface area contributed by atoms with Crippen molar-refractivity contribution in [2.75, 3.05) is 18.6 Å². The first-order valence-electron chi connectivity index (χ1n) is 6.50. The predicted molar refractivity (Wildman–Crippen MR) is 77.2 cm³/mol. The molecule has 18 heavy (non-hydrogen) atoms. The summed E-state index contributed by atoms with van der Waals surface area (Å²) in [5.41, 5.74) is -0.472. The fraction of sp³-hybridized carbons (Fsp3) is 0.923. The van der Waals surface area contributed by atoms with E-state index in [1.54, 1.807) is 11.8 Å². The van der Waals surface area contributed by atoms with Gasteiger partial charge in [-0.25, -0.2) is 4.79 Å². The van der Waals surface area contributed by atoms with Gasteiger partial charge in [0.1, 0.15) is 0 Å². The van der Waals surface area contributed by atoms with Crippen LogP contribution in [0.25, 0.3) is 0 Å². The highest BCUT2D eigenvalue weighted by Crippen LogP contribution is 2.37. The number of ether oxygens (including phenoxy) is 1. The van der Waals surface area contributed by atoms with Gasteiger partial charge in [0, 0.05) is 6.54 Å². The Morgan fingerprint density at radius 2 is 2.06 bits per heavy atom. The number of thioether (sulfide) groups is 1. The predicted octanol–water partition coefficient (Wildman–Crippen LogP) is 2.38. The van der Waals surface area contributed by atoms with E-state index in [1.807, 2.05) is 13.8 Å². The van der Waals surface area contributed by atoms with Gasteiger partial charge in [-0.05, 0) is 52.5 Å². The Morgan fingerprint density at radius 3 is 2.56 bits per heavy atom. The molecule has 1 heterocycles. The topological polar surface area (TPSA) is 50.4 Å². The Balaban J connectivity index is 2.36. The van der Waals surface area contributed by atoms with Crippen LogP contribution in [0.2, 0.25) is 0 Å². The summed E-state index contributed by atoms with van der Waals surface area (Å²) in [7, 11) is 0. The van der Waals surface area contributed by atoms with Crippen LogP contribution in [0.4, 0.5) is 4.79 Å². The summed E-state index contributed by atoms with van der Waals surface area (Å²) in [5, 5.41) is 5.91. The third-order valence-electron chi connectivity index (χ3n) is 3.19. The van der Waals surface area contributed by atoms with Gasteiger partial charge in [0.25, 0.3) is 0 Å². The Hall–Kier alpha value is -0.420. The molecule has 5 heteroatoms.